The van der Waals surface area contributed by atoms with Crippen molar-refractivity contribution in [3.05, 3.63) is 99.6 Å². The molecule has 0 spiro atoms. The maximum Gasteiger partial charge on any atom is 0.339 e. The van der Waals surface area contributed by atoms with Gasteiger partial charge in [-0.05, 0) is 71.4 Å². The summed E-state index contributed by atoms with van der Waals surface area (Å²) in [5.74, 6) is 0.0103. The van der Waals surface area contributed by atoms with E-state index in [4.69, 9.17) is 20.8 Å². The molecule has 0 N–H and O–H groups in total. The average Bonchev–Trinajstić information content (AvgIpc) is 3.44. The molecule has 0 radical (unpaired) electrons. The van der Waals surface area contributed by atoms with E-state index in [1.165, 1.54) is 4.90 Å². The van der Waals surface area contributed by atoms with Gasteiger partial charge >= 0.3 is 5.97 Å². The van der Waals surface area contributed by atoms with Gasteiger partial charge in [-0.3, -0.25) is 14.5 Å². The van der Waals surface area contributed by atoms with Crippen LogP contribution in [0.1, 0.15) is 28.6 Å². The number of thioether (sulfide) groups is 1. The topological polar surface area (TPSA) is 76.8 Å². The fraction of sp³-hybridized carbons (Fsp3) is 0.107. The van der Waals surface area contributed by atoms with E-state index in [-0.39, 0.29) is 39.8 Å². The van der Waals surface area contributed by atoms with Gasteiger partial charge in [0.2, 0.25) is 0 Å². The molecule has 1 aliphatic heterocycles. The van der Waals surface area contributed by atoms with Crippen molar-refractivity contribution in [1.82, 2.24) is 4.90 Å². The van der Waals surface area contributed by atoms with Gasteiger partial charge in [-0.25, -0.2) is 4.79 Å². The van der Waals surface area contributed by atoms with E-state index in [0.29, 0.717) is 17.1 Å². The molecule has 2 amide bonds. The SMILES string of the molecule is CCOC(=O)c1cc(-c2ccc(/C=C3\SC(=O)N(Cc4ccc5ccccc5c4)C3=O)o2)ccc1Cl. The minimum atomic E-state index is -0.517. The Labute approximate surface area is 216 Å². The Morgan fingerprint density at radius 1 is 1.03 bits per heavy atom. The molecular formula is C28H20ClNO5S. The molecule has 1 aliphatic rings. The first-order valence-corrected chi connectivity index (χ1v) is 12.4. The highest BCUT2D eigenvalue weighted by atomic mass is 35.5. The summed E-state index contributed by atoms with van der Waals surface area (Å²) in [7, 11) is 0. The van der Waals surface area contributed by atoms with Crippen LogP contribution in [-0.2, 0) is 16.1 Å². The van der Waals surface area contributed by atoms with E-state index in [1.807, 2.05) is 42.5 Å². The molecule has 3 aromatic carbocycles. The van der Waals surface area contributed by atoms with Gasteiger partial charge in [0, 0.05) is 11.6 Å². The minimum Gasteiger partial charge on any atom is -0.462 e. The molecule has 2 heterocycles. The van der Waals surface area contributed by atoms with Gasteiger partial charge in [0.25, 0.3) is 11.1 Å². The van der Waals surface area contributed by atoms with Crippen LogP contribution < -0.4 is 0 Å². The van der Waals surface area contributed by atoms with Crippen LogP contribution in [0, 0.1) is 0 Å². The second kappa shape index (κ2) is 10.0. The lowest BCUT2D eigenvalue weighted by Crippen LogP contribution is -2.27. The molecule has 8 heteroatoms. The van der Waals surface area contributed by atoms with Crippen molar-refractivity contribution in [3.63, 3.8) is 0 Å². The predicted molar refractivity (Wildman–Crippen MR) is 141 cm³/mol. The number of nitrogens with zero attached hydrogens (tertiary/aromatic N) is 1. The Bertz CT molecular complexity index is 1540. The molecule has 0 saturated carbocycles. The lowest BCUT2D eigenvalue weighted by atomic mass is 10.1. The number of amides is 2. The number of fused-ring (bicyclic) bond motifs is 1. The first-order valence-electron chi connectivity index (χ1n) is 11.2. The van der Waals surface area contributed by atoms with Crippen molar-refractivity contribution in [2.24, 2.45) is 0 Å². The number of carbonyl (C=O) groups excluding carboxylic acids is 3. The zero-order chi connectivity index (χ0) is 25.2. The van der Waals surface area contributed by atoms with Crippen LogP contribution in [0.15, 0.2) is 82.1 Å². The largest absolute Gasteiger partial charge is 0.462 e. The summed E-state index contributed by atoms with van der Waals surface area (Å²) in [6.07, 6.45) is 1.55. The van der Waals surface area contributed by atoms with Crippen molar-refractivity contribution in [2.45, 2.75) is 13.5 Å². The average molecular weight is 518 g/mol. The Balaban J connectivity index is 1.35. The Kier molecular flexibility index (Phi) is 6.67. The molecule has 36 heavy (non-hydrogen) atoms. The maximum absolute atomic E-state index is 13.0. The fourth-order valence-corrected chi connectivity index (χ4v) is 4.93. The van der Waals surface area contributed by atoms with Crippen LogP contribution in [-0.4, -0.2) is 28.6 Å². The second-order valence-electron chi connectivity index (χ2n) is 8.07. The third-order valence-electron chi connectivity index (χ3n) is 5.67. The third kappa shape index (κ3) is 4.80. The molecule has 180 valence electrons. The normalized spacial score (nSPS) is 14.7. The van der Waals surface area contributed by atoms with Crippen LogP contribution in [0.5, 0.6) is 0 Å². The number of carbonyl (C=O) groups is 3. The van der Waals surface area contributed by atoms with E-state index in [1.54, 1.807) is 43.3 Å². The highest BCUT2D eigenvalue weighted by molar-refractivity contribution is 8.18. The van der Waals surface area contributed by atoms with Gasteiger partial charge in [-0.1, -0.05) is 48.0 Å². The van der Waals surface area contributed by atoms with Crippen molar-refractivity contribution in [3.8, 4) is 11.3 Å². The summed E-state index contributed by atoms with van der Waals surface area (Å²) in [6, 6.07) is 22.2. The summed E-state index contributed by atoms with van der Waals surface area (Å²) in [5.41, 5.74) is 1.74. The minimum absolute atomic E-state index is 0.192. The number of rotatable bonds is 6. The van der Waals surface area contributed by atoms with Gasteiger partial charge in [-0.2, -0.15) is 0 Å². The second-order valence-corrected chi connectivity index (χ2v) is 9.47. The van der Waals surface area contributed by atoms with E-state index >= 15 is 0 Å². The van der Waals surface area contributed by atoms with Gasteiger partial charge in [-0.15, -0.1) is 0 Å². The summed E-state index contributed by atoms with van der Waals surface area (Å²) >= 11 is 7.02. The van der Waals surface area contributed by atoms with Crippen LogP contribution >= 0.6 is 23.4 Å². The first-order chi connectivity index (χ1) is 17.4. The van der Waals surface area contributed by atoms with Crippen LogP contribution in [0.3, 0.4) is 0 Å². The molecular weight excluding hydrogens is 498 g/mol. The molecule has 0 aliphatic carbocycles. The van der Waals surface area contributed by atoms with Crippen LogP contribution in [0.2, 0.25) is 5.02 Å². The molecule has 1 aromatic heterocycles. The van der Waals surface area contributed by atoms with Crippen molar-refractivity contribution >= 4 is 57.3 Å². The highest BCUT2D eigenvalue weighted by Gasteiger charge is 2.35. The Hall–Kier alpha value is -3.81. The van der Waals surface area contributed by atoms with Crippen LogP contribution in [0.4, 0.5) is 4.79 Å². The number of esters is 1. The molecule has 4 aromatic rings. The van der Waals surface area contributed by atoms with Gasteiger partial charge in [0.1, 0.15) is 11.5 Å². The standard InChI is InChI=1S/C28H20ClNO5S/c1-2-34-27(32)22-14-20(9-11-23(22)29)24-12-10-21(35-24)15-25-26(31)30(28(33)36-25)16-17-7-8-18-5-3-4-6-19(18)13-17/h3-15H,2,16H2,1H3/b25-15-. The molecule has 1 saturated heterocycles. The van der Waals surface area contributed by atoms with E-state index in [9.17, 15) is 14.4 Å². The number of furan rings is 1. The van der Waals surface area contributed by atoms with Crippen molar-refractivity contribution < 1.29 is 23.5 Å². The predicted octanol–water partition coefficient (Wildman–Crippen LogP) is 7.17. The molecule has 5 rings (SSSR count). The first kappa shape index (κ1) is 23.9. The van der Waals surface area contributed by atoms with Crippen molar-refractivity contribution in [1.29, 1.82) is 0 Å². The number of imide groups is 1. The molecule has 0 unspecified atom stereocenters. The third-order valence-corrected chi connectivity index (χ3v) is 6.91. The van der Waals surface area contributed by atoms with Crippen LogP contribution in [0.25, 0.3) is 28.2 Å². The number of benzene rings is 3. The molecule has 1 fully saturated rings. The van der Waals surface area contributed by atoms with Gasteiger partial charge in [0.05, 0.1) is 28.6 Å². The van der Waals surface area contributed by atoms with E-state index in [2.05, 4.69) is 0 Å². The Morgan fingerprint density at radius 3 is 2.64 bits per heavy atom. The summed E-state index contributed by atoms with van der Waals surface area (Å²) < 4.78 is 10.9. The summed E-state index contributed by atoms with van der Waals surface area (Å²) in [6.45, 7) is 2.15. The maximum atomic E-state index is 13.0. The fourth-order valence-electron chi connectivity index (χ4n) is 3.91. The van der Waals surface area contributed by atoms with Gasteiger partial charge in [0.15, 0.2) is 0 Å². The lowest BCUT2D eigenvalue weighted by Gasteiger charge is -2.13. The Morgan fingerprint density at radius 2 is 1.83 bits per heavy atom. The van der Waals surface area contributed by atoms with E-state index < -0.39 is 5.97 Å². The van der Waals surface area contributed by atoms with Crippen molar-refractivity contribution in [2.75, 3.05) is 6.61 Å². The number of ether oxygens (including phenoxy) is 1. The molecule has 0 atom stereocenters. The van der Waals surface area contributed by atoms with E-state index in [0.717, 1.165) is 28.1 Å². The summed E-state index contributed by atoms with van der Waals surface area (Å²) in [4.78, 5) is 39.3. The monoisotopic (exact) mass is 517 g/mol. The molecule has 0 bridgehead atoms. The smallest absolute Gasteiger partial charge is 0.339 e. The number of halogens is 1. The molecule has 6 nitrogen and oxygen atoms in total. The van der Waals surface area contributed by atoms with Gasteiger partial charge < -0.3 is 9.15 Å². The zero-order valence-electron chi connectivity index (χ0n) is 19.2. The quantitative estimate of drug-likeness (QED) is 0.199. The lowest BCUT2D eigenvalue weighted by molar-refractivity contribution is -0.123. The summed E-state index contributed by atoms with van der Waals surface area (Å²) in [5, 5.41) is 2.10. The highest BCUT2D eigenvalue weighted by Crippen LogP contribution is 2.35. The number of hydrogen-bond donors (Lipinski definition) is 0. The number of hydrogen-bond acceptors (Lipinski definition) is 6. The zero-order valence-corrected chi connectivity index (χ0v) is 20.8.